The highest BCUT2D eigenvalue weighted by atomic mass is 79.9. The molecule has 1 heterocycles. The quantitative estimate of drug-likeness (QED) is 0.917. The van der Waals surface area contributed by atoms with Crippen molar-refractivity contribution >= 4 is 21.6 Å². The molecule has 0 amide bonds. The molecule has 1 aliphatic heterocycles. The maximum absolute atomic E-state index is 5.31. The predicted octanol–water partition coefficient (Wildman–Crippen LogP) is 2.66. The third-order valence-electron chi connectivity index (χ3n) is 2.45. The fourth-order valence-electron chi connectivity index (χ4n) is 1.63. The number of nitrogens with one attached hydrogen (secondary N) is 1. The molecule has 0 aromatic heterocycles. The number of hydrogen-bond donors (Lipinski definition) is 1. The van der Waals surface area contributed by atoms with Gasteiger partial charge in [-0.25, -0.2) is 0 Å². The third-order valence-corrected chi connectivity index (χ3v) is 3.11. The highest BCUT2D eigenvalue weighted by molar-refractivity contribution is 9.10. The van der Waals surface area contributed by atoms with E-state index >= 15 is 0 Å². The van der Waals surface area contributed by atoms with E-state index in [0.29, 0.717) is 6.04 Å². The largest absolute Gasteiger partial charge is 0.495 e. The van der Waals surface area contributed by atoms with Crippen molar-refractivity contribution in [1.29, 1.82) is 0 Å². The number of methoxy groups -OCH3 is 1. The Balaban J connectivity index is 2.07. The van der Waals surface area contributed by atoms with Crippen LogP contribution in [0.4, 0.5) is 5.69 Å². The Morgan fingerprint density at radius 3 is 3.07 bits per heavy atom. The second kappa shape index (κ2) is 4.86. The molecule has 1 atom stereocenters. The van der Waals surface area contributed by atoms with E-state index in [1.54, 1.807) is 7.11 Å². The second-order valence-corrected chi connectivity index (χ2v) is 4.41. The van der Waals surface area contributed by atoms with E-state index in [9.17, 15) is 0 Å². The number of anilines is 1. The smallest absolute Gasteiger partial charge is 0.135 e. The fraction of sp³-hybridized carbons (Fsp3) is 0.455. The van der Waals surface area contributed by atoms with E-state index in [-0.39, 0.29) is 0 Å². The summed E-state index contributed by atoms with van der Waals surface area (Å²) >= 11 is 3.43. The van der Waals surface area contributed by atoms with Crippen molar-refractivity contribution in [3.63, 3.8) is 0 Å². The first-order chi connectivity index (χ1) is 7.29. The van der Waals surface area contributed by atoms with Crippen LogP contribution < -0.4 is 10.1 Å². The van der Waals surface area contributed by atoms with Gasteiger partial charge < -0.3 is 14.8 Å². The van der Waals surface area contributed by atoms with Crippen molar-refractivity contribution in [2.45, 2.75) is 12.5 Å². The Bertz CT molecular complexity index is 337. The molecular formula is C11H14BrNO2. The van der Waals surface area contributed by atoms with Gasteiger partial charge in [-0.1, -0.05) is 0 Å². The van der Waals surface area contributed by atoms with Crippen molar-refractivity contribution in [3.8, 4) is 5.75 Å². The molecular weight excluding hydrogens is 258 g/mol. The lowest BCUT2D eigenvalue weighted by Crippen LogP contribution is -2.18. The van der Waals surface area contributed by atoms with E-state index in [1.807, 2.05) is 18.2 Å². The third kappa shape index (κ3) is 2.63. The van der Waals surface area contributed by atoms with Gasteiger partial charge in [0, 0.05) is 18.4 Å². The molecule has 4 heteroatoms. The molecule has 2 rings (SSSR count). The predicted molar refractivity (Wildman–Crippen MR) is 63.5 cm³/mol. The summed E-state index contributed by atoms with van der Waals surface area (Å²) in [5, 5.41) is 3.42. The Morgan fingerprint density at radius 1 is 1.53 bits per heavy atom. The Labute approximate surface area is 97.9 Å². The molecule has 3 nitrogen and oxygen atoms in total. The summed E-state index contributed by atoms with van der Waals surface area (Å²) in [7, 11) is 1.67. The maximum Gasteiger partial charge on any atom is 0.135 e. The molecule has 15 heavy (non-hydrogen) atoms. The number of rotatable bonds is 3. The van der Waals surface area contributed by atoms with Gasteiger partial charge in [0.05, 0.1) is 24.2 Å². The van der Waals surface area contributed by atoms with Gasteiger partial charge in [-0.05, 0) is 34.5 Å². The topological polar surface area (TPSA) is 30.5 Å². The fourth-order valence-corrected chi connectivity index (χ4v) is 2.04. The standard InChI is InChI=1S/C11H14BrNO2/c1-14-11-6-8(2-3-10(11)12)13-9-4-5-15-7-9/h2-3,6,9,13H,4-5,7H2,1H3. The molecule has 0 bridgehead atoms. The van der Waals surface area contributed by atoms with E-state index in [1.165, 1.54) is 0 Å². The lowest BCUT2D eigenvalue weighted by molar-refractivity contribution is 0.195. The minimum atomic E-state index is 0.427. The molecule has 1 saturated heterocycles. The summed E-state index contributed by atoms with van der Waals surface area (Å²) in [6, 6.07) is 6.43. The Kier molecular flexibility index (Phi) is 3.49. The lowest BCUT2D eigenvalue weighted by Gasteiger charge is -2.13. The van der Waals surface area contributed by atoms with Crippen molar-refractivity contribution in [1.82, 2.24) is 0 Å². The summed E-state index contributed by atoms with van der Waals surface area (Å²) in [5.74, 6) is 0.846. The van der Waals surface area contributed by atoms with Crippen molar-refractivity contribution in [2.24, 2.45) is 0 Å². The van der Waals surface area contributed by atoms with E-state index in [4.69, 9.17) is 9.47 Å². The summed E-state index contributed by atoms with van der Waals surface area (Å²) < 4.78 is 11.5. The van der Waals surface area contributed by atoms with Gasteiger partial charge in [-0.2, -0.15) is 0 Å². The van der Waals surface area contributed by atoms with Crippen LogP contribution >= 0.6 is 15.9 Å². The summed E-state index contributed by atoms with van der Waals surface area (Å²) in [6.07, 6.45) is 1.07. The first-order valence-corrected chi connectivity index (χ1v) is 5.76. The number of ether oxygens (including phenoxy) is 2. The van der Waals surface area contributed by atoms with Crippen LogP contribution in [-0.2, 0) is 4.74 Å². The molecule has 82 valence electrons. The Morgan fingerprint density at radius 2 is 2.40 bits per heavy atom. The second-order valence-electron chi connectivity index (χ2n) is 3.55. The van der Waals surface area contributed by atoms with Crippen LogP contribution in [0.15, 0.2) is 22.7 Å². The molecule has 0 spiro atoms. The Hall–Kier alpha value is -0.740. The minimum Gasteiger partial charge on any atom is -0.495 e. The zero-order valence-corrected chi connectivity index (χ0v) is 10.2. The monoisotopic (exact) mass is 271 g/mol. The number of benzene rings is 1. The molecule has 0 saturated carbocycles. The van der Waals surface area contributed by atoms with Gasteiger partial charge >= 0.3 is 0 Å². The van der Waals surface area contributed by atoms with Crippen LogP contribution in [0, 0.1) is 0 Å². The number of hydrogen-bond acceptors (Lipinski definition) is 3. The normalized spacial score (nSPS) is 20.3. The van der Waals surface area contributed by atoms with E-state index in [0.717, 1.165) is 35.5 Å². The van der Waals surface area contributed by atoms with Gasteiger partial charge in [0.2, 0.25) is 0 Å². The maximum atomic E-state index is 5.31. The summed E-state index contributed by atoms with van der Waals surface area (Å²) in [5.41, 5.74) is 1.07. The van der Waals surface area contributed by atoms with Crippen molar-refractivity contribution < 1.29 is 9.47 Å². The molecule has 0 aliphatic carbocycles. The van der Waals surface area contributed by atoms with Gasteiger partial charge in [0.25, 0.3) is 0 Å². The summed E-state index contributed by atoms with van der Waals surface area (Å²) in [4.78, 5) is 0. The summed E-state index contributed by atoms with van der Waals surface area (Å²) in [6.45, 7) is 1.64. The van der Waals surface area contributed by atoms with Gasteiger partial charge in [0.1, 0.15) is 5.75 Å². The van der Waals surface area contributed by atoms with Gasteiger partial charge in [-0.15, -0.1) is 0 Å². The SMILES string of the molecule is COc1cc(NC2CCOC2)ccc1Br. The van der Waals surface area contributed by atoms with Crippen LogP contribution in [0.1, 0.15) is 6.42 Å². The van der Waals surface area contributed by atoms with Crippen molar-refractivity contribution in [2.75, 3.05) is 25.6 Å². The molecule has 1 fully saturated rings. The molecule has 1 aliphatic rings. The molecule has 1 unspecified atom stereocenters. The first kappa shape index (κ1) is 10.8. The van der Waals surface area contributed by atoms with Crippen molar-refractivity contribution in [3.05, 3.63) is 22.7 Å². The number of halogens is 1. The highest BCUT2D eigenvalue weighted by Gasteiger charge is 2.15. The molecule has 1 aromatic carbocycles. The van der Waals surface area contributed by atoms with Gasteiger partial charge in [-0.3, -0.25) is 0 Å². The van der Waals surface area contributed by atoms with Crippen LogP contribution in [0.25, 0.3) is 0 Å². The van der Waals surface area contributed by atoms with E-state index in [2.05, 4.69) is 21.2 Å². The van der Waals surface area contributed by atoms with Gasteiger partial charge in [0.15, 0.2) is 0 Å². The van der Waals surface area contributed by atoms with E-state index < -0.39 is 0 Å². The molecule has 0 radical (unpaired) electrons. The minimum absolute atomic E-state index is 0.427. The average Bonchev–Trinajstić information content (AvgIpc) is 2.73. The van der Waals surface area contributed by atoms with Crippen LogP contribution in [-0.4, -0.2) is 26.4 Å². The zero-order valence-electron chi connectivity index (χ0n) is 8.63. The highest BCUT2D eigenvalue weighted by Crippen LogP contribution is 2.28. The van der Waals surface area contributed by atoms with Crippen LogP contribution in [0.3, 0.4) is 0 Å². The molecule has 1 N–H and O–H groups in total. The van der Waals surface area contributed by atoms with Crippen LogP contribution in [0.2, 0.25) is 0 Å². The first-order valence-electron chi connectivity index (χ1n) is 4.97. The zero-order chi connectivity index (χ0) is 10.7. The van der Waals surface area contributed by atoms with Crippen LogP contribution in [0.5, 0.6) is 5.75 Å². The lowest BCUT2D eigenvalue weighted by atomic mass is 10.2. The average molecular weight is 272 g/mol. The molecule has 1 aromatic rings.